The summed E-state index contributed by atoms with van der Waals surface area (Å²) in [6.45, 7) is 0.825. The third-order valence-corrected chi connectivity index (χ3v) is 6.34. The molecule has 0 radical (unpaired) electrons. The molecule has 34 heavy (non-hydrogen) atoms. The minimum atomic E-state index is -1.25. The first-order valence-corrected chi connectivity index (χ1v) is 11.9. The molecule has 0 amide bonds. The Morgan fingerprint density at radius 2 is 1.15 bits per heavy atom. The second-order valence-corrected chi connectivity index (χ2v) is 8.78. The molecule has 2 N–H and O–H groups in total. The summed E-state index contributed by atoms with van der Waals surface area (Å²) in [6.07, 6.45) is 5.26. The van der Waals surface area contributed by atoms with E-state index in [-0.39, 0.29) is 19.6 Å². The average molecular weight is 485 g/mol. The topological polar surface area (TPSA) is 146 Å². The van der Waals surface area contributed by atoms with Crippen LogP contribution in [-0.4, -0.2) is 73.2 Å². The number of carbonyl (C=O) groups is 4. The molecule has 1 saturated carbocycles. The lowest BCUT2D eigenvalue weighted by molar-refractivity contribution is -0.167. The normalized spacial score (nSPS) is 26.1. The van der Waals surface area contributed by atoms with Gasteiger partial charge in [-0.15, -0.1) is 0 Å². The molecule has 192 valence electrons. The van der Waals surface area contributed by atoms with Crippen LogP contribution in [-0.2, 0) is 38.1 Å². The van der Waals surface area contributed by atoms with Gasteiger partial charge in [-0.05, 0) is 32.1 Å². The van der Waals surface area contributed by atoms with Crippen molar-refractivity contribution in [3.63, 3.8) is 0 Å². The van der Waals surface area contributed by atoms with Crippen molar-refractivity contribution in [1.82, 2.24) is 0 Å². The molecular weight excluding hydrogens is 448 g/mol. The lowest BCUT2D eigenvalue weighted by atomic mass is 9.79. The van der Waals surface area contributed by atoms with Gasteiger partial charge in [0, 0.05) is 0 Å². The lowest BCUT2D eigenvalue weighted by Gasteiger charge is -2.28. The van der Waals surface area contributed by atoms with Gasteiger partial charge in [0.05, 0.1) is 36.9 Å². The van der Waals surface area contributed by atoms with Crippen LogP contribution in [0.15, 0.2) is 12.2 Å². The quantitative estimate of drug-likeness (QED) is 0.250. The molecule has 2 aliphatic rings. The van der Waals surface area contributed by atoms with E-state index in [0.29, 0.717) is 25.7 Å². The van der Waals surface area contributed by atoms with E-state index >= 15 is 0 Å². The Bertz CT molecular complexity index is 733. The molecule has 6 atom stereocenters. The number of aliphatic hydroxyl groups is 2. The fourth-order valence-corrected chi connectivity index (χ4v) is 4.20. The molecule has 0 aromatic carbocycles. The predicted molar refractivity (Wildman–Crippen MR) is 118 cm³/mol. The summed E-state index contributed by atoms with van der Waals surface area (Å²) in [5, 5.41) is 19.7. The minimum Gasteiger partial charge on any atom is -0.469 e. The zero-order valence-corrected chi connectivity index (χ0v) is 19.9. The molecule has 0 aromatic rings. The van der Waals surface area contributed by atoms with Gasteiger partial charge in [-0.1, -0.05) is 31.9 Å². The number of esters is 4. The van der Waals surface area contributed by atoms with E-state index in [2.05, 4.69) is 0 Å². The van der Waals surface area contributed by atoms with Gasteiger partial charge in [0.25, 0.3) is 0 Å². The van der Waals surface area contributed by atoms with Crippen LogP contribution in [0.4, 0.5) is 0 Å². The van der Waals surface area contributed by atoms with E-state index in [1.165, 1.54) is 7.11 Å². The molecule has 2 aliphatic carbocycles. The molecule has 6 unspecified atom stereocenters. The number of aliphatic hydroxyl groups excluding tert-OH is 2. The number of ether oxygens (including phenoxy) is 4. The summed E-state index contributed by atoms with van der Waals surface area (Å²) >= 11 is 0. The zero-order chi connectivity index (χ0) is 25.1. The Morgan fingerprint density at radius 1 is 0.735 bits per heavy atom. The zero-order valence-electron chi connectivity index (χ0n) is 19.9. The van der Waals surface area contributed by atoms with Gasteiger partial charge in [0.15, 0.2) is 0 Å². The van der Waals surface area contributed by atoms with Gasteiger partial charge in [0.1, 0.15) is 25.9 Å². The number of allylic oxidation sites excluding steroid dienone is 2. The van der Waals surface area contributed by atoms with Crippen LogP contribution < -0.4 is 0 Å². The maximum absolute atomic E-state index is 12.6. The van der Waals surface area contributed by atoms with E-state index in [1.807, 2.05) is 0 Å². The van der Waals surface area contributed by atoms with E-state index in [9.17, 15) is 29.4 Å². The first-order valence-electron chi connectivity index (χ1n) is 11.9. The molecule has 0 saturated heterocycles. The second-order valence-electron chi connectivity index (χ2n) is 8.78. The van der Waals surface area contributed by atoms with Crippen molar-refractivity contribution < 1.29 is 48.3 Å². The summed E-state index contributed by atoms with van der Waals surface area (Å²) < 4.78 is 20.3. The van der Waals surface area contributed by atoms with Crippen molar-refractivity contribution in [2.45, 2.75) is 64.1 Å². The van der Waals surface area contributed by atoms with Crippen molar-refractivity contribution >= 4 is 23.9 Å². The van der Waals surface area contributed by atoms with Gasteiger partial charge in [-0.3, -0.25) is 19.2 Å². The van der Waals surface area contributed by atoms with Gasteiger partial charge in [0.2, 0.25) is 0 Å². The summed E-state index contributed by atoms with van der Waals surface area (Å²) in [7, 11) is 1.28. The van der Waals surface area contributed by atoms with Crippen LogP contribution >= 0.6 is 0 Å². The van der Waals surface area contributed by atoms with E-state index in [1.54, 1.807) is 19.1 Å². The third-order valence-electron chi connectivity index (χ3n) is 6.34. The fourth-order valence-electron chi connectivity index (χ4n) is 4.20. The SMILES string of the molecule is CCC(O)COC(=O)C1CC=CCC1C(=O)OCC(O)COC(=O)C1CCCCC1C(=O)OC. The number of carbonyl (C=O) groups excluding carboxylic acids is 4. The minimum absolute atomic E-state index is 0.140. The van der Waals surface area contributed by atoms with Gasteiger partial charge >= 0.3 is 23.9 Å². The van der Waals surface area contributed by atoms with Crippen molar-refractivity contribution in [2.75, 3.05) is 26.9 Å². The standard InChI is InChI=1S/C24H36O10/c1-3-15(25)12-32-23(29)19-10-6-7-11-20(19)24(30)34-14-16(26)13-33-22(28)18-9-5-4-8-17(18)21(27)31-2/h6-7,15-20,25-26H,3-5,8-14H2,1-2H3. The Hall–Kier alpha value is -2.46. The van der Waals surface area contributed by atoms with Crippen molar-refractivity contribution in [3.8, 4) is 0 Å². The van der Waals surface area contributed by atoms with Gasteiger partial charge in [-0.25, -0.2) is 0 Å². The molecule has 0 spiro atoms. The van der Waals surface area contributed by atoms with Crippen LogP contribution in [0, 0.1) is 23.7 Å². The molecular formula is C24H36O10. The summed E-state index contributed by atoms with van der Waals surface area (Å²) in [4.78, 5) is 49.3. The molecule has 0 aliphatic heterocycles. The monoisotopic (exact) mass is 484 g/mol. The highest BCUT2D eigenvalue weighted by Gasteiger charge is 2.38. The highest BCUT2D eigenvalue weighted by molar-refractivity contribution is 5.83. The molecule has 0 aromatic heterocycles. The van der Waals surface area contributed by atoms with Crippen molar-refractivity contribution in [2.24, 2.45) is 23.7 Å². The molecule has 10 heteroatoms. The average Bonchev–Trinajstić information content (AvgIpc) is 2.88. The predicted octanol–water partition coefficient (Wildman–Crippen LogP) is 1.31. The largest absolute Gasteiger partial charge is 0.469 e. The molecule has 0 heterocycles. The summed E-state index contributed by atoms with van der Waals surface area (Å²) in [6, 6.07) is 0. The lowest BCUT2D eigenvalue weighted by Crippen LogP contribution is -2.37. The number of methoxy groups -OCH3 is 1. The second kappa shape index (κ2) is 14.1. The highest BCUT2D eigenvalue weighted by atomic mass is 16.6. The van der Waals surface area contributed by atoms with Crippen LogP contribution in [0.3, 0.4) is 0 Å². The Balaban J connectivity index is 1.80. The third kappa shape index (κ3) is 8.09. The first kappa shape index (κ1) is 27.8. The van der Waals surface area contributed by atoms with Crippen LogP contribution in [0.2, 0.25) is 0 Å². The first-order chi connectivity index (χ1) is 16.3. The van der Waals surface area contributed by atoms with E-state index in [4.69, 9.17) is 18.9 Å². The maximum Gasteiger partial charge on any atom is 0.310 e. The smallest absolute Gasteiger partial charge is 0.310 e. The number of hydrogen-bond donors (Lipinski definition) is 2. The van der Waals surface area contributed by atoms with Crippen LogP contribution in [0.25, 0.3) is 0 Å². The van der Waals surface area contributed by atoms with Crippen LogP contribution in [0.5, 0.6) is 0 Å². The molecule has 0 bridgehead atoms. The summed E-state index contributed by atoms with van der Waals surface area (Å²) in [5.74, 6) is -4.97. The highest BCUT2D eigenvalue weighted by Crippen LogP contribution is 2.32. The van der Waals surface area contributed by atoms with Gasteiger partial charge < -0.3 is 29.2 Å². The Labute approximate surface area is 199 Å². The van der Waals surface area contributed by atoms with Gasteiger partial charge in [-0.2, -0.15) is 0 Å². The van der Waals surface area contributed by atoms with Crippen LogP contribution in [0.1, 0.15) is 51.9 Å². The van der Waals surface area contributed by atoms with Crippen molar-refractivity contribution in [3.05, 3.63) is 12.2 Å². The fraction of sp³-hybridized carbons (Fsp3) is 0.750. The molecule has 1 fully saturated rings. The maximum atomic E-state index is 12.6. The Morgan fingerprint density at radius 3 is 1.59 bits per heavy atom. The molecule has 10 nitrogen and oxygen atoms in total. The summed E-state index contributed by atoms with van der Waals surface area (Å²) in [5.41, 5.74) is 0. The number of rotatable bonds is 11. The molecule has 2 rings (SSSR count). The van der Waals surface area contributed by atoms with Crippen molar-refractivity contribution in [1.29, 1.82) is 0 Å². The van der Waals surface area contributed by atoms with E-state index < -0.39 is 66.4 Å². The van der Waals surface area contributed by atoms with E-state index in [0.717, 1.165) is 12.8 Å². The number of hydrogen-bond acceptors (Lipinski definition) is 10. The Kier molecular flexibility index (Phi) is 11.5.